The van der Waals surface area contributed by atoms with Gasteiger partial charge in [0.15, 0.2) is 24.2 Å². The Hall–Kier alpha value is -4.80. The van der Waals surface area contributed by atoms with Gasteiger partial charge in [-0.25, -0.2) is 16.0 Å². The largest absolute Gasteiger partial charge is 0.497 e. The van der Waals surface area contributed by atoms with Crippen molar-refractivity contribution in [2.45, 2.75) is 69.6 Å². The number of nitrogens with one attached hydrogen (secondary N) is 1. The van der Waals surface area contributed by atoms with Gasteiger partial charge in [0.1, 0.15) is 23.7 Å². The van der Waals surface area contributed by atoms with E-state index < -0.39 is 49.6 Å². The number of benzene rings is 3. The molecule has 54 heavy (non-hydrogen) atoms. The molecular weight excluding hydrogens is 711 g/mol. The fourth-order valence-electron chi connectivity index (χ4n) is 7.00. The Morgan fingerprint density at radius 1 is 0.926 bits per heavy atom. The summed E-state index contributed by atoms with van der Waals surface area (Å²) in [6, 6.07) is 25.9. The van der Waals surface area contributed by atoms with E-state index in [1.165, 1.54) is 16.8 Å². The third-order valence-electron chi connectivity index (χ3n) is 9.38. The van der Waals surface area contributed by atoms with Gasteiger partial charge in [-0.3, -0.25) is 14.3 Å². The lowest BCUT2D eigenvalue weighted by Crippen LogP contribution is -2.51. The molecule has 2 aliphatic heterocycles. The maximum atomic E-state index is 13.3. The lowest BCUT2D eigenvalue weighted by Gasteiger charge is -2.44. The molecule has 4 aromatic rings. The average Bonchev–Trinajstić information content (AvgIpc) is 3.60. The van der Waals surface area contributed by atoms with E-state index in [2.05, 4.69) is 21.1 Å². The van der Waals surface area contributed by atoms with Gasteiger partial charge in [-0.2, -0.15) is 0 Å². The number of methoxy groups -OCH3 is 2. The lowest BCUT2D eigenvalue weighted by atomic mass is 9.79. The Balaban J connectivity index is 1.60. The smallest absolute Gasteiger partial charge is 0.330 e. The van der Waals surface area contributed by atoms with Crippen molar-refractivity contribution >= 4 is 8.53 Å². The van der Waals surface area contributed by atoms with Crippen molar-refractivity contribution in [3.8, 4) is 11.5 Å². The Bertz CT molecular complexity index is 2010. The number of H-pyrrole nitrogens is 1. The first-order valence-electron chi connectivity index (χ1n) is 17.6. The van der Waals surface area contributed by atoms with Crippen LogP contribution in [0.3, 0.4) is 0 Å². The molecule has 3 heterocycles. The minimum Gasteiger partial charge on any atom is -0.497 e. The third kappa shape index (κ3) is 7.21. The zero-order chi connectivity index (χ0) is 38.6. The summed E-state index contributed by atoms with van der Waals surface area (Å²) in [4.78, 5) is 31.3. The fraction of sp³-hybridized carbons (Fsp3) is 0.375. The first-order chi connectivity index (χ1) is 26.0. The van der Waals surface area contributed by atoms with Gasteiger partial charge in [0.2, 0.25) is 6.54 Å². The molecule has 2 bridgehead atoms. The number of fused-ring (bicyclic) bond motifs is 2. The first kappa shape index (κ1) is 38.9. The van der Waals surface area contributed by atoms with Crippen LogP contribution >= 0.6 is 8.53 Å². The number of hydrogen-bond donors (Lipinski definition) is 1. The monoisotopic (exact) mass is 756 g/mol. The molecule has 2 fully saturated rings. The molecule has 0 aliphatic carbocycles. The molecule has 6 rings (SSSR count). The molecule has 0 spiro atoms. The molecule has 0 radical (unpaired) electrons. The van der Waals surface area contributed by atoms with Crippen LogP contribution in [0.15, 0.2) is 113 Å². The highest BCUT2D eigenvalue weighted by molar-refractivity contribution is 7.44. The topological polar surface area (TPSA) is 127 Å². The molecule has 3 aromatic carbocycles. The predicted molar refractivity (Wildman–Crippen MR) is 203 cm³/mol. The van der Waals surface area contributed by atoms with Crippen molar-refractivity contribution in [3.05, 3.63) is 152 Å². The van der Waals surface area contributed by atoms with E-state index in [9.17, 15) is 9.59 Å². The maximum absolute atomic E-state index is 13.3. The van der Waals surface area contributed by atoms with Gasteiger partial charge < -0.3 is 37.6 Å². The second kappa shape index (κ2) is 16.3. The summed E-state index contributed by atoms with van der Waals surface area (Å²) in [5.41, 5.74) is -0.551. The van der Waals surface area contributed by atoms with E-state index >= 15 is 0 Å². The molecule has 13 nitrogen and oxygen atoms in total. The van der Waals surface area contributed by atoms with Gasteiger partial charge in [0.25, 0.3) is 19.9 Å². The van der Waals surface area contributed by atoms with Gasteiger partial charge in [-0.1, -0.05) is 61.2 Å². The van der Waals surface area contributed by atoms with Gasteiger partial charge >= 0.3 is 5.69 Å². The van der Waals surface area contributed by atoms with Gasteiger partial charge in [0, 0.05) is 24.3 Å². The Kier molecular flexibility index (Phi) is 11.7. The number of ether oxygens (including phenoxy) is 5. The van der Waals surface area contributed by atoms with Crippen LogP contribution in [0.25, 0.3) is 4.85 Å². The molecule has 0 saturated carbocycles. The van der Waals surface area contributed by atoms with E-state index in [1.54, 1.807) is 14.2 Å². The van der Waals surface area contributed by atoms with Gasteiger partial charge in [0.05, 0.1) is 14.2 Å². The van der Waals surface area contributed by atoms with E-state index in [0.29, 0.717) is 22.6 Å². The second-order valence-electron chi connectivity index (χ2n) is 13.4. The van der Waals surface area contributed by atoms with Crippen LogP contribution in [-0.2, 0) is 28.9 Å². The summed E-state index contributed by atoms with van der Waals surface area (Å²) in [5, 5.41) is 0. The van der Waals surface area contributed by atoms with E-state index in [4.69, 9.17) is 39.3 Å². The molecule has 14 heteroatoms. The van der Waals surface area contributed by atoms with Crippen LogP contribution in [0, 0.1) is 6.57 Å². The van der Waals surface area contributed by atoms with E-state index in [1.807, 2.05) is 107 Å². The first-order valence-corrected chi connectivity index (χ1v) is 18.7. The Labute approximate surface area is 315 Å². The minimum absolute atomic E-state index is 0.0235. The zero-order valence-electron chi connectivity index (χ0n) is 31.1. The number of rotatable bonds is 16. The minimum atomic E-state index is -1.88. The molecule has 2 saturated heterocycles. The summed E-state index contributed by atoms with van der Waals surface area (Å²) >= 11 is 0. The lowest BCUT2D eigenvalue weighted by molar-refractivity contribution is -0.292. The fourth-order valence-corrected chi connectivity index (χ4v) is 8.74. The Morgan fingerprint density at radius 3 is 2.02 bits per heavy atom. The van der Waals surface area contributed by atoms with E-state index in [0.717, 1.165) is 5.56 Å². The summed E-state index contributed by atoms with van der Waals surface area (Å²) in [5.74, 6) is -0.486. The standard InChI is InChI=1S/C40H45N4O9P/c1-26(2)44(27(3)4)54(49-25-23-41-6)52-36-35-37(43-24-22-34(45)42-38(43)46)51-40(36,28(5)50-35)53-39(29-12-10-9-11-13-29,30-14-18-32(47-7)19-15-30)31-16-20-33(48-8)21-17-31/h9-22,24,26-27,35-37H,5,23,25H2,1-4,7-8H3,(H,42,45,46)/t35-,36-,37-,40+,54?/m0/s1. The summed E-state index contributed by atoms with van der Waals surface area (Å²) < 4.78 is 48.9. The van der Waals surface area contributed by atoms with Crippen LogP contribution in [-0.4, -0.2) is 71.7 Å². The van der Waals surface area contributed by atoms with Crippen molar-refractivity contribution in [3.63, 3.8) is 0 Å². The van der Waals surface area contributed by atoms with Gasteiger partial charge in [-0.05, 0) is 68.7 Å². The number of aromatic nitrogens is 2. The molecule has 1 N–H and O–H groups in total. The molecular formula is C40H45N4O9P. The van der Waals surface area contributed by atoms with Crippen molar-refractivity contribution in [2.75, 3.05) is 27.4 Å². The Morgan fingerprint density at radius 2 is 1.50 bits per heavy atom. The predicted octanol–water partition coefficient (Wildman–Crippen LogP) is 6.37. The number of aromatic amines is 1. The molecule has 284 valence electrons. The van der Waals surface area contributed by atoms with Crippen LogP contribution in [0.2, 0.25) is 0 Å². The highest BCUT2D eigenvalue weighted by Crippen LogP contribution is 2.61. The van der Waals surface area contributed by atoms with Crippen LogP contribution in [0.4, 0.5) is 0 Å². The molecule has 1 unspecified atom stereocenters. The van der Waals surface area contributed by atoms with Crippen LogP contribution in [0.5, 0.6) is 11.5 Å². The van der Waals surface area contributed by atoms with E-state index in [-0.39, 0.29) is 31.0 Å². The van der Waals surface area contributed by atoms with Crippen molar-refractivity contribution < 1.29 is 32.7 Å². The summed E-state index contributed by atoms with van der Waals surface area (Å²) in [6.07, 6.45) is -1.84. The summed E-state index contributed by atoms with van der Waals surface area (Å²) in [6.45, 7) is 20.1. The van der Waals surface area contributed by atoms with Gasteiger partial charge in [-0.15, -0.1) is 0 Å². The highest BCUT2D eigenvalue weighted by Gasteiger charge is 2.71. The molecule has 0 amide bonds. The normalized spacial score (nSPS) is 21.3. The third-order valence-corrected chi connectivity index (χ3v) is 11.5. The van der Waals surface area contributed by atoms with Crippen LogP contribution in [0.1, 0.15) is 50.6 Å². The van der Waals surface area contributed by atoms with Crippen molar-refractivity contribution in [1.82, 2.24) is 14.2 Å². The van der Waals surface area contributed by atoms with Crippen LogP contribution < -0.4 is 20.7 Å². The highest BCUT2D eigenvalue weighted by atomic mass is 31.2. The second-order valence-corrected chi connectivity index (χ2v) is 14.8. The quantitative estimate of drug-likeness (QED) is 0.0597. The molecule has 1 aromatic heterocycles. The van der Waals surface area contributed by atoms with Crippen molar-refractivity contribution in [2.24, 2.45) is 0 Å². The average molecular weight is 757 g/mol. The maximum Gasteiger partial charge on any atom is 0.330 e. The van der Waals surface area contributed by atoms with Crippen molar-refractivity contribution in [1.29, 1.82) is 0 Å². The summed E-state index contributed by atoms with van der Waals surface area (Å²) in [7, 11) is 1.32. The number of hydrogen-bond acceptors (Lipinski definition) is 10. The zero-order valence-corrected chi connectivity index (χ0v) is 32.0. The number of nitrogens with zero attached hydrogens (tertiary/aromatic N) is 3. The SMILES string of the molecule is [C-]#[N+]CCOP(O[C@H]1[C@@H]2OC(=C)[C@]1(OC(c1ccccc1)(c1ccc(OC)cc1)c1ccc(OC)cc1)O[C@@H]2n1ccc(=O)[nH]c1=O)N(C(C)C)C(C)C. The molecule has 2 aliphatic rings. The molecule has 5 atom stereocenters.